The standard InChI is InChI=1S/C13H12N4/c1-3-10-5-6-12(16-11(10)4-2)17-13-9-14-7-8-15-13/h3-9H,1-2H2,(H,15,16,17). The minimum Gasteiger partial charge on any atom is -0.324 e. The summed E-state index contributed by atoms with van der Waals surface area (Å²) in [5.74, 6) is 1.35. The van der Waals surface area contributed by atoms with Gasteiger partial charge in [-0.15, -0.1) is 0 Å². The van der Waals surface area contributed by atoms with Crippen LogP contribution < -0.4 is 5.32 Å². The Labute approximate surface area is 99.8 Å². The van der Waals surface area contributed by atoms with Gasteiger partial charge < -0.3 is 5.32 Å². The molecule has 0 amide bonds. The molecule has 0 spiro atoms. The van der Waals surface area contributed by atoms with Crippen molar-refractivity contribution in [2.24, 2.45) is 0 Å². The lowest BCUT2D eigenvalue weighted by Gasteiger charge is -2.06. The van der Waals surface area contributed by atoms with Gasteiger partial charge in [-0.1, -0.05) is 19.2 Å². The summed E-state index contributed by atoms with van der Waals surface area (Å²) in [4.78, 5) is 12.5. The molecule has 17 heavy (non-hydrogen) atoms. The van der Waals surface area contributed by atoms with E-state index in [1.807, 2.05) is 12.1 Å². The molecule has 0 bridgehead atoms. The molecule has 2 aromatic rings. The maximum Gasteiger partial charge on any atom is 0.150 e. The van der Waals surface area contributed by atoms with E-state index in [0.29, 0.717) is 11.6 Å². The highest BCUT2D eigenvalue weighted by molar-refractivity contribution is 5.64. The summed E-state index contributed by atoms with van der Waals surface area (Å²) in [7, 11) is 0. The third-order valence-corrected chi connectivity index (χ3v) is 2.19. The van der Waals surface area contributed by atoms with E-state index in [1.165, 1.54) is 0 Å². The Bertz CT molecular complexity index is 534. The third kappa shape index (κ3) is 2.55. The number of nitrogens with one attached hydrogen (secondary N) is 1. The zero-order valence-corrected chi connectivity index (χ0v) is 9.30. The van der Waals surface area contributed by atoms with Crippen molar-refractivity contribution in [1.29, 1.82) is 0 Å². The van der Waals surface area contributed by atoms with Crippen LogP contribution in [0.25, 0.3) is 12.2 Å². The van der Waals surface area contributed by atoms with Gasteiger partial charge in [0.2, 0.25) is 0 Å². The number of nitrogens with zero attached hydrogens (tertiary/aromatic N) is 3. The molecule has 0 fully saturated rings. The summed E-state index contributed by atoms with van der Waals surface area (Å²) in [5.41, 5.74) is 1.73. The number of hydrogen-bond donors (Lipinski definition) is 1. The van der Waals surface area contributed by atoms with Gasteiger partial charge in [0.05, 0.1) is 11.9 Å². The Morgan fingerprint density at radius 1 is 1.06 bits per heavy atom. The van der Waals surface area contributed by atoms with Crippen molar-refractivity contribution in [2.45, 2.75) is 0 Å². The Morgan fingerprint density at radius 2 is 1.94 bits per heavy atom. The first-order valence-corrected chi connectivity index (χ1v) is 5.12. The first-order valence-electron chi connectivity index (χ1n) is 5.12. The van der Waals surface area contributed by atoms with Gasteiger partial charge in [-0.2, -0.15) is 0 Å². The average molecular weight is 224 g/mol. The highest BCUT2D eigenvalue weighted by Gasteiger charge is 2.01. The summed E-state index contributed by atoms with van der Waals surface area (Å²) in [6.45, 7) is 7.44. The van der Waals surface area contributed by atoms with Gasteiger partial charge in [0.1, 0.15) is 11.6 Å². The minimum absolute atomic E-state index is 0.654. The van der Waals surface area contributed by atoms with Gasteiger partial charge in [0.15, 0.2) is 0 Å². The quantitative estimate of drug-likeness (QED) is 0.867. The fourth-order valence-electron chi connectivity index (χ4n) is 1.39. The molecule has 0 atom stereocenters. The Balaban J connectivity index is 2.28. The van der Waals surface area contributed by atoms with Gasteiger partial charge in [-0.3, -0.25) is 4.98 Å². The topological polar surface area (TPSA) is 50.7 Å². The SMILES string of the molecule is C=Cc1ccc(Nc2cnccn2)nc1C=C. The molecule has 0 saturated heterocycles. The molecule has 2 heterocycles. The number of pyridine rings is 1. The summed E-state index contributed by atoms with van der Waals surface area (Å²) in [6.07, 6.45) is 8.31. The van der Waals surface area contributed by atoms with E-state index in [1.54, 1.807) is 30.7 Å². The van der Waals surface area contributed by atoms with E-state index in [-0.39, 0.29) is 0 Å². The van der Waals surface area contributed by atoms with Crippen LogP contribution in [0.5, 0.6) is 0 Å². The van der Waals surface area contributed by atoms with Crippen LogP contribution in [-0.2, 0) is 0 Å². The zero-order chi connectivity index (χ0) is 12.1. The molecule has 0 radical (unpaired) electrons. The van der Waals surface area contributed by atoms with E-state index < -0.39 is 0 Å². The summed E-state index contributed by atoms with van der Waals surface area (Å²) < 4.78 is 0. The lowest BCUT2D eigenvalue weighted by Crippen LogP contribution is -1.98. The first kappa shape index (κ1) is 11.0. The molecule has 4 nitrogen and oxygen atoms in total. The number of anilines is 2. The molecule has 1 N–H and O–H groups in total. The first-order chi connectivity index (χ1) is 8.33. The highest BCUT2D eigenvalue weighted by atomic mass is 15.1. The van der Waals surface area contributed by atoms with Crippen molar-refractivity contribution < 1.29 is 0 Å². The normalized spacial score (nSPS) is 9.65. The molecule has 4 heteroatoms. The molecule has 0 aliphatic carbocycles. The van der Waals surface area contributed by atoms with E-state index in [0.717, 1.165) is 11.3 Å². The van der Waals surface area contributed by atoms with Crippen molar-refractivity contribution >= 4 is 23.8 Å². The van der Waals surface area contributed by atoms with Gasteiger partial charge >= 0.3 is 0 Å². The second-order valence-electron chi connectivity index (χ2n) is 3.29. The van der Waals surface area contributed by atoms with E-state index in [2.05, 4.69) is 33.4 Å². The second-order valence-corrected chi connectivity index (χ2v) is 3.29. The Hall–Kier alpha value is -2.49. The fourth-order valence-corrected chi connectivity index (χ4v) is 1.39. The van der Waals surface area contributed by atoms with Crippen molar-refractivity contribution in [3.63, 3.8) is 0 Å². The summed E-state index contributed by atoms with van der Waals surface area (Å²) >= 11 is 0. The van der Waals surface area contributed by atoms with Gasteiger partial charge in [-0.25, -0.2) is 9.97 Å². The van der Waals surface area contributed by atoms with Crippen LogP contribution in [0.4, 0.5) is 11.6 Å². The van der Waals surface area contributed by atoms with Crippen LogP contribution in [-0.4, -0.2) is 15.0 Å². The number of rotatable bonds is 4. The molecular weight excluding hydrogens is 212 g/mol. The van der Waals surface area contributed by atoms with Crippen LogP contribution in [0.1, 0.15) is 11.3 Å². The molecule has 0 unspecified atom stereocenters. The smallest absolute Gasteiger partial charge is 0.150 e. The largest absolute Gasteiger partial charge is 0.324 e. The molecular formula is C13H12N4. The molecule has 84 valence electrons. The number of hydrogen-bond acceptors (Lipinski definition) is 4. The van der Waals surface area contributed by atoms with Crippen LogP contribution in [0.2, 0.25) is 0 Å². The molecule has 0 saturated carbocycles. The van der Waals surface area contributed by atoms with Crippen molar-refractivity contribution in [1.82, 2.24) is 15.0 Å². The molecule has 0 aliphatic rings. The zero-order valence-electron chi connectivity index (χ0n) is 9.30. The van der Waals surface area contributed by atoms with Crippen molar-refractivity contribution in [3.05, 3.63) is 55.1 Å². The molecule has 2 aromatic heterocycles. The third-order valence-electron chi connectivity index (χ3n) is 2.19. The monoisotopic (exact) mass is 224 g/mol. The fraction of sp³-hybridized carbons (Fsp3) is 0. The molecule has 2 rings (SSSR count). The maximum absolute atomic E-state index is 4.39. The van der Waals surface area contributed by atoms with Crippen LogP contribution in [0.15, 0.2) is 43.9 Å². The van der Waals surface area contributed by atoms with Crippen LogP contribution in [0, 0.1) is 0 Å². The molecule has 0 aliphatic heterocycles. The molecule has 0 aromatic carbocycles. The average Bonchev–Trinajstić information content (AvgIpc) is 2.40. The Kier molecular flexibility index (Phi) is 3.25. The van der Waals surface area contributed by atoms with Gasteiger partial charge in [0, 0.05) is 12.4 Å². The van der Waals surface area contributed by atoms with E-state index >= 15 is 0 Å². The van der Waals surface area contributed by atoms with Crippen LogP contribution in [0.3, 0.4) is 0 Å². The van der Waals surface area contributed by atoms with E-state index in [9.17, 15) is 0 Å². The lowest BCUT2D eigenvalue weighted by atomic mass is 10.2. The van der Waals surface area contributed by atoms with Crippen LogP contribution >= 0.6 is 0 Å². The predicted octanol–water partition coefficient (Wildman–Crippen LogP) is 2.90. The van der Waals surface area contributed by atoms with Crippen molar-refractivity contribution in [3.8, 4) is 0 Å². The predicted molar refractivity (Wildman–Crippen MR) is 69.7 cm³/mol. The highest BCUT2D eigenvalue weighted by Crippen LogP contribution is 2.16. The Morgan fingerprint density at radius 3 is 2.59 bits per heavy atom. The van der Waals surface area contributed by atoms with Gasteiger partial charge in [0.25, 0.3) is 0 Å². The van der Waals surface area contributed by atoms with Gasteiger partial charge in [-0.05, 0) is 23.8 Å². The minimum atomic E-state index is 0.654. The van der Waals surface area contributed by atoms with Crippen molar-refractivity contribution in [2.75, 3.05) is 5.32 Å². The second kappa shape index (κ2) is 5.03. The lowest BCUT2D eigenvalue weighted by molar-refractivity contribution is 1.18. The summed E-state index contributed by atoms with van der Waals surface area (Å²) in [5, 5.41) is 3.06. The number of aromatic nitrogens is 3. The van der Waals surface area contributed by atoms with E-state index in [4.69, 9.17) is 0 Å². The summed E-state index contributed by atoms with van der Waals surface area (Å²) in [6, 6.07) is 3.79. The maximum atomic E-state index is 4.39.